The summed E-state index contributed by atoms with van der Waals surface area (Å²) < 4.78 is 5.46. The first kappa shape index (κ1) is 20.5. The lowest BCUT2D eigenvalue weighted by Gasteiger charge is -2.21. The molecule has 0 aliphatic rings. The summed E-state index contributed by atoms with van der Waals surface area (Å²) in [6, 6.07) is 4.15. The number of thiocarbonyl (C=S) groups is 1. The number of benzene rings is 1. The Bertz CT molecular complexity index is 647. The van der Waals surface area contributed by atoms with Crippen molar-refractivity contribution >= 4 is 52.5 Å². The average molecular weight is 392 g/mol. The standard InChI is InChI=1S/C15H19Cl2N3O3S/c1-8(23-11-6-5-9(16)7-10(11)17)12(21)18-14(24)19-13(22)20-15(2,3)4/h5-8H,1-4H3,(H3,18,19,20,21,22,24)/t8-/m1/s1. The van der Waals surface area contributed by atoms with Gasteiger partial charge in [0.15, 0.2) is 11.2 Å². The van der Waals surface area contributed by atoms with Gasteiger partial charge < -0.3 is 10.1 Å². The molecule has 0 spiro atoms. The number of carbonyl (C=O) groups is 2. The molecule has 132 valence electrons. The van der Waals surface area contributed by atoms with Gasteiger partial charge in [-0.2, -0.15) is 0 Å². The molecular weight excluding hydrogens is 373 g/mol. The van der Waals surface area contributed by atoms with Crippen molar-refractivity contribution in [3.63, 3.8) is 0 Å². The Morgan fingerprint density at radius 1 is 1.21 bits per heavy atom. The summed E-state index contributed by atoms with van der Waals surface area (Å²) in [6.07, 6.45) is -0.880. The number of nitrogens with one attached hydrogen (secondary N) is 3. The van der Waals surface area contributed by atoms with Crippen LogP contribution in [0.1, 0.15) is 27.7 Å². The predicted octanol–water partition coefficient (Wildman–Crippen LogP) is 3.26. The Hall–Kier alpha value is -1.57. The van der Waals surface area contributed by atoms with E-state index in [4.69, 9.17) is 40.2 Å². The zero-order chi connectivity index (χ0) is 18.5. The number of amides is 3. The SMILES string of the molecule is C[C@@H](Oc1ccc(Cl)cc1Cl)C(=O)NC(=S)NC(=O)NC(C)(C)C. The Morgan fingerprint density at radius 3 is 2.38 bits per heavy atom. The molecule has 0 saturated carbocycles. The molecule has 0 saturated heterocycles. The Labute approximate surface area is 156 Å². The third kappa shape index (κ3) is 7.33. The Morgan fingerprint density at radius 2 is 1.83 bits per heavy atom. The van der Waals surface area contributed by atoms with Crippen molar-refractivity contribution in [1.29, 1.82) is 0 Å². The van der Waals surface area contributed by atoms with Crippen molar-refractivity contribution in [3.05, 3.63) is 28.2 Å². The quantitative estimate of drug-likeness (QED) is 0.690. The van der Waals surface area contributed by atoms with Crippen LogP contribution >= 0.6 is 35.4 Å². The van der Waals surface area contributed by atoms with Gasteiger partial charge in [-0.3, -0.25) is 15.4 Å². The van der Waals surface area contributed by atoms with Gasteiger partial charge in [0.2, 0.25) is 0 Å². The molecule has 0 fully saturated rings. The molecule has 0 aliphatic carbocycles. The maximum atomic E-state index is 12.0. The lowest BCUT2D eigenvalue weighted by Crippen LogP contribution is -2.53. The van der Waals surface area contributed by atoms with Crippen molar-refractivity contribution < 1.29 is 14.3 Å². The van der Waals surface area contributed by atoms with Crippen LogP contribution in [0, 0.1) is 0 Å². The highest BCUT2D eigenvalue weighted by atomic mass is 35.5. The van der Waals surface area contributed by atoms with Crippen molar-refractivity contribution in [2.45, 2.75) is 39.3 Å². The van der Waals surface area contributed by atoms with Gasteiger partial charge in [0.1, 0.15) is 5.75 Å². The fourth-order valence-corrected chi connectivity index (χ4v) is 2.18. The van der Waals surface area contributed by atoms with E-state index < -0.39 is 23.6 Å². The van der Waals surface area contributed by atoms with Crippen LogP contribution in [0.2, 0.25) is 10.0 Å². The number of hydrogen-bond acceptors (Lipinski definition) is 4. The lowest BCUT2D eigenvalue weighted by molar-refractivity contribution is -0.125. The van der Waals surface area contributed by atoms with Crippen molar-refractivity contribution in [3.8, 4) is 5.75 Å². The van der Waals surface area contributed by atoms with Crippen LogP contribution in [0.25, 0.3) is 0 Å². The minimum absolute atomic E-state index is 0.126. The predicted molar refractivity (Wildman–Crippen MR) is 98.7 cm³/mol. The molecule has 0 unspecified atom stereocenters. The average Bonchev–Trinajstić information content (AvgIpc) is 2.39. The second-order valence-corrected chi connectivity index (χ2v) is 7.23. The molecule has 1 aromatic rings. The fourth-order valence-electron chi connectivity index (χ4n) is 1.53. The third-order valence-corrected chi connectivity index (χ3v) is 3.25. The molecule has 1 rings (SSSR count). The van der Waals surface area contributed by atoms with E-state index in [1.807, 2.05) is 20.8 Å². The normalized spacial score (nSPS) is 12.1. The van der Waals surface area contributed by atoms with Crippen molar-refractivity contribution in [2.75, 3.05) is 0 Å². The van der Waals surface area contributed by atoms with E-state index in [-0.39, 0.29) is 10.1 Å². The van der Waals surface area contributed by atoms with Gasteiger partial charge in [0, 0.05) is 10.6 Å². The van der Waals surface area contributed by atoms with Gasteiger partial charge >= 0.3 is 6.03 Å². The van der Waals surface area contributed by atoms with Crippen LogP contribution < -0.4 is 20.7 Å². The number of ether oxygens (including phenoxy) is 1. The maximum absolute atomic E-state index is 12.0. The van der Waals surface area contributed by atoms with Crippen LogP contribution in [0.4, 0.5) is 4.79 Å². The summed E-state index contributed by atoms with van der Waals surface area (Å²) in [7, 11) is 0. The summed E-state index contributed by atoms with van der Waals surface area (Å²) >= 11 is 16.7. The Kier molecular flexibility index (Phi) is 7.26. The van der Waals surface area contributed by atoms with Gasteiger partial charge in [-0.15, -0.1) is 0 Å². The van der Waals surface area contributed by atoms with E-state index in [0.29, 0.717) is 10.8 Å². The first-order valence-corrected chi connectivity index (χ1v) is 8.20. The minimum atomic E-state index is -0.880. The molecule has 0 aromatic heterocycles. The van der Waals surface area contributed by atoms with Crippen LogP contribution in [-0.2, 0) is 4.79 Å². The van der Waals surface area contributed by atoms with E-state index in [2.05, 4.69) is 16.0 Å². The number of carbonyl (C=O) groups excluding carboxylic acids is 2. The maximum Gasteiger partial charge on any atom is 0.321 e. The van der Waals surface area contributed by atoms with Crippen LogP contribution in [-0.4, -0.2) is 28.7 Å². The molecular formula is C15H19Cl2N3O3S. The Balaban J connectivity index is 2.54. The molecule has 6 nitrogen and oxygen atoms in total. The molecule has 1 aromatic carbocycles. The molecule has 0 radical (unpaired) electrons. The molecule has 24 heavy (non-hydrogen) atoms. The van der Waals surface area contributed by atoms with E-state index in [1.54, 1.807) is 12.1 Å². The van der Waals surface area contributed by atoms with E-state index in [1.165, 1.54) is 13.0 Å². The molecule has 0 aliphatic heterocycles. The number of urea groups is 1. The van der Waals surface area contributed by atoms with Gasteiger partial charge in [0.25, 0.3) is 5.91 Å². The summed E-state index contributed by atoms with van der Waals surface area (Å²) in [5.41, 5.74) is -0.425. The van der Waals surface area contributed by atoms with Crippen LogP contribution in [0.15, 0.2) is 18.2 Å². The second-order valence-electron chi connectivity index (χ2n) is 5.98. The van der Waals surface area contributed by atoms with Gasteiger partial charge in [-0.05, 0) is 58.1 Å². The second kappa shape index (κ2) is 8.50. The molecule has 3 N–H and O–H groups in total. The zero-order valence-electron chi connectivity index (χ0n) is 13.7. The first-order chi connectivity index (χ1) is 11.0. The summed E-state index contributed by atoms with van der Waals surface area (Å²) in [5, 5.41) is 8.00. The highest BCUT2D eigenvalue weighted by Crippen LogP contribution is 2.28. The van der Waals surface area contributed by atoms with Crippen molar-refractivity contribution in [1.82, 2.24) is 16.0 Å². The monoisotopic (exact) mass is 391 g/mol. The minimum Gasteiger partial charge on any atom is -0.479 e. The summed E-state index contributed by atoms with van der Waals surface area (Å²) in [4.78, 5) is 23.7. The van der Waals surface area contributed by atoms with Gasteiger partial charge in [0.05, 0.1) is 5.02 Å². The largest absolute Gasteiger partial charge is 0.479 e. The van der Waals surface area contributed by atoms with Crippen molar-refractivity contribution in [2.24, 2.45) is 0 Å². The molecule has 0 bridgehead atoms. The smallest absolute Gasteiger partial charge is 0.321 e. The third-order valence-electron chi connectivity index (χ3n) is 2.52. The molecule has 3 amide bonds. The highest BCUT2D eigenvalue weighted by molar-refractivity contribution is 7.80. The lowest BCUT2D eigenvalue weighted by atomic mass is 10.1. The van der Waals surface area contributed by atoms with Crippen LogP contribution in [0.5, 0.6) is 5.75 Å². The fraction of sp³-hybridized carbons (Fsp3) is 0.400. The molecule has 9 heteroatoms. The molecule has 0 heterocycles. The van der Waals surface area contributed by atoms with Gasteiger partial charge in [-0.1, -0.05) is 23.2 Å². The first-order valence-electron chi connectivity index (χ1n) is 7.03. The van der Waals surface area contributed by atoms with E-state index in [0.717, 1.165) is 0 Å². The zero-order valence-corrected chi connectivity index (χ0v) is 16.0. The number of hydrogen-bond donors (Lipinski definition) is 3. The summed E-state index contributed by atoms with van der Waals surface area (Å²) in [6.45, 7) is 6.98. The highest BCUT2D eigenvalue weighted by Gasteiger charge is 2.19. The van der Waals surface area contributed by atoms with E-state index in [9.17, 15) is 9.59 Å². The number of halogens is 2. The van der Waals surface area contributed by atoms with Crippen LogP contribution in [0.3, 0.4) is 0 Å². The van der Waals surface area contributed by atoms with Gasteiger partial charge in [-0.25, -0.2) is 4.79 Å². The number of rotatable bonds is 3. The molecule has 1 atom stereocenters. The topological polar surface area (TPSA) is 79.5 Å². The van der Waals surface area contributed by atoms with E-state index >= 15 is 0 Å². The summed E-state index contributed by atoms with van der Waals surface area (Å²) in [5.74, 6) is -0.213.